The molecule has 29 heavy (non-hydrogen) atoms. The lowest BCUT2D eigenvalue weighted by atomic mass is 9.78. The SMILES string of the molecule is O=C(Nc1cccc(NC(=O)C2(c3ccc(Br)cc3)CCCC2)c1)c1ccco1. The standard InChI is InChI=1S/C23H21BrN2O3/c24-17-10-8-16(9-11-17)23(12-1-2-13-23)22(28)26-19-6-3-5-18(15-19)25-21(27)20-7-4-14-29-20/h3-11,14-15H,1-2,12-13H2,(H,25,27)(H,26,28). The largest absolute Gasteiger partial charge is 0.459 e. The first-order chi connectivity index (χ1) is 14.1. The van der Waals surface area contributed by atoms with E-state index in [9.17, 15) is 9.59 Å². The minimum atomic E-state index is -0.520. The maximum absolute atomic E-state index is 13.3. The molecule has 0 bridgehead atoms. The maximum atomic E-state index is 13.3. The smallest absolute Gasteiger partial charge is 0.291 e. The van der Waals surface area contributed by atoms with Gasteiger partial charge in [0.05, 0.1) is 11.7 Å². The minimum Gasteiger partial charge on any atom is -0.459 e. The first-order valence-electron chi connectivity index (χ1n) is 9.59. The summed E-state index contributed by atoms with van der Waals surface area (Å²) in [5.41, 5.74) is 1.76. The van der Waals surface area contributed by atoms with Crippen LogP contribution in [0.5, 0.6) is 0 Å². The number of amides is 2. The number of halogens is 1. The Balaban J connectivity index is 1.52. The topological polar surface area (TPSA) is 71.3 Å². The van der Waals surface area contributed by atoms with Crippen molar-refractivity contribution in [1.82, 2.24) is 0 Å². The molecule has 0 saturated heterocycles. The molecule has 3 aromatic rings. The summed E-state index contributed by atoms with van der Waals surface area (Å²) in [6.07, 6.45) is 5.17. The summed E-state index contributed by atoms with van der Waals surface area (Å²) in [6.45, 7) is 0. The molecule has 1 saturated carbocycles. The zero-order valence-corrected chi connectivity index (χ0v) is 17.4. The van der Waals surface area contributed by atoms with Crippen molar-refractivity contribution >= 4 is 39.1 Å². The average Bonchev–Trinajstić information content (AvgIpc) is 3.42. The van der Waals surface area contributed by atoms with Crippen LogP contribution in [0.25, 0.3) is 0 Å². The van der Waals surface area contributed by atoms with Gasteiger partial charge in [0.15, 0.2) is 5.76 Å². The number of anilines is 2. The third kappa shape index (κ3) is 4.12. The van der Waals surface area contributed by atoms with Crippen LogP contribution < -0.4 is 10.6 Å². The minimum absolute atomic E-state index is 0.00756. The number of benzene rings is 2. The second-order valence-corrected chi connectivity index (χ2v) is 8.18. The van der Waals surface area contributed by atoms with Crippen LogP contribution in [0.2, 0.25) is 0 Å². The third-order valence-electron chi connectivity index (χ3n) is 5.41. The van der Waals surface area contributed by atoms with Gasteiger partial charge in [0.25, 0.3) is 5.91 Å². The van der Waals surface area contributed by atoms with Gasteiger partial charge in [-0.1, -0.05) is 47.0 Å². The Morgan fingerprint density at radius 3 is 2.24 bits per heavy atom. The van der Waals surface area contributed by atoms with Crippen LogP contribution in [-0.2, 0) is 10.2 Å². The Hall–Kier alpha value is -2.86. The molecule has 0 unspecified atom stereocenters. The van der Waals surface area contributed by atoms with Gasteiger partial charge >= 0.3 is 0 Å². The lowest BCUT2D eigenvalue weighted by molar-refractivity contribution is -0.121. The Morgan fingerprint density at radius 1 is 0.897 bits per heavy atom. The lowest BCUT2D eigenvalue weighted by Gasteiger charge is -2.28. The number of nitrogens with one attached hydrogen (secondary N) is 2. The van der Waals surface area contributed by atoms with E-state index in [1.807, 2.05) is 30.3 Å². The number of hydrogen-bond donors (Lipinski definition) is 2. The highest BCUT2D eigenvalue weighted by Gasteiger charge is 2.42. The summed E-state index contributed by atoms with van der Waals surface area (Å²) >= 11 is 3.46. The van der Waals surface area contributed by atoms with Gasteiger partial charge in [-0.3, -0.25) is 9.59 Å². The van der Waals surface area contributed by atoms with Crippen LogP contribution >= 0.6 is 15.9 Å². The first kappa shape index (κ1) is 19.5. The van der Waals surface area contributed by atoms with Gasteiger partial charge in [0.1, 0.15) is 0 Å². The molecule has 2 amide bonds. The maximum Gasteiger partial charge on any atom is 0.291 e. The highest BCUT2D eigenvalue weighted by atomic mass is 79.9. The highest BCUT2D eigenvalue weighted by molar-refractivity contribution is 9.10. The Labute approximate surface area is 177 Å². The molecule has 6 heteroatoms. The van der Waals surface area contributed by atoms with E-state index in [0.29, 0.717) is 11.4 Å². The normalized spacial score (nSPS) is 15.1. The summed E-state index contributed by atoms with van der Waals surface area (Å²) in [6, 6.07) is 18.4. The van der Waals surface area contributed by atoms with E-state index >= 15 is 0 Å². The van der Waals surface area contributed by atoms with Crippen molar-refractivity contribution in [3.8, 4) is 0 Å². The second kappa shape index (κ2) is 8.25. The molecule has 0 atom stereocenters. The summed E-state index contributed by atoms with van der Waals surface area (Å²) in [5.74, 6) is -0.105. The van der Waals surface area contributed by atoms with Crippen LogP contribution in [0, 0.1) is 0 Å². The molecule has 2 N–H and O–H groups in total. The monoisotopic (exact) mass is 452 g/mol. The molecule has 4 rings (SSSR count). The molecule has 1 heterocycles. The molecule has 1 aliphatic rings. The van der Waals surface area contributed by atoms with E-state index in [2.05, 4.69) is 26.6 Å². The molecule has 0 aliphatic heterocycles. The molecule has 1 fully saturated rings. The fraction of sp³-hybridized carbons (Fsp3) is 0.217. The van der Waals surface area contributed by atoms with E-state index in [1.165, 1.54) is 6.26 Å². The predicted octanol–water partition coefficient (Wildman–Crippen LogP) is 5.74. The van der Waals surface area contributed by atoms with Gasteiger partial charge in [0, 0.05) is 15.8 Å². The molecule has 0 spiro atoms. The fourth-order valence-corrected chi connectivity index (χ4v) is 4.18. The van der Waals surface area contributed by atoms with Crippen LogP contribution in [0.3, 0.4) is 0 Å². The van der Waals surface area contributed by atoms with Gasteiger partial charge in [-0.15, -0.1) is 0 Å². The van der Waals surface area contributed by atoms with Gasteiger partial charge in [-0.25, -0.2) is 0 Å². The van der Waals surface area contributed by atoms with Gasteiger partial charge in [-0.2, -0.15) is 0 Å². The fourth-order valence-electron chi connectivity index (χ4n) is 3.92. The van der Waals surface area contributed by atoms with Crippen molar-refractivity contribution < 1.29 is 14.0 Å². The third-order valence-corrected chi connectivity index (χ3v) is 5.94. The van der Waals surface area contributed by atoms with Crippen LogP contribution in [-0.4, -0.2) is 11.8 Å². The zero-order valence-electron chi connectivity index (χ0n) is 15.8. The van der Waals surface area contributed by atoms with Crippen LogP contribution in [0.1, 0.15) is 41.8 Å². The molecule has 1 aliphatic carbocycles. The predicted molar refractivity (Wildman–Crippen MR) is 116 cm³/mol. The molecular formula is C23H21BrN2O3. The summed E-state index contributed by atoms with van der Waals surface area (Å²) in [5, 5.41) is 5.85. The average molecular weight is 453 g/mol. The first-order valence-corrected chi connectivity index (χ1v) is 10.4. The van der Waals surface area contributed by atoms with E-state index < -0.39 is 5.41 Å². The Kier molecular flexibility index (Phi) is 5.53. The van der Waals surface area contributed by atoms with Crippen LogP contribution in [0.4, 0.5) is 11.4 Å². The van der Waals surface area contributed by atoms with Crippen LogP contribution in [0.15, 0.2) is 75.8 Å². The highest BCUT2D eigenvalue weighted by Crippen LogP contribution is 2.42. The van der Waals surface area contributed by atoms with Gasteiger partial charge in [0.2, 0.25) is 5.91 Å². The van der Waals surface area contributed by atoms with Crippen molar-refractivity contribution in [2.45, 2.75) is 31.1 Å². The number of carbonyl (C=O) groups is 2. The summed E-state index contributed by atoms with van der Waals surface area (Å²) < 4.78 is 6.11. The molecular weight excluding hydrogens is 432 g/mol. The van der Waals surface area contributed by atoms with E-state index in [0.717, 1.165) is 35.7 Å². The quantitative estimate of drug-likeness (QED) is 0.517. The van der Waals surface area contributed by atoms with Crippen molar-refractivity contribution in [3.05, 3.63) is 82.7 Å². The van der Waals surface area contributed by atoms with Crippen molar-refractivity contribution in [2.75, 3.05) is 10.6 Å². The second-order valence-electron chi connectivity index (χ2n) is 7.26. The number of hydrogen-bond acceptors (Lipinski definition) is 3. The molecule has 0 radical (unpaired) electrons. The van der Waals surface area contributed by atoms with Gasteiger partial charge in [-0.05, 0) is 60.9 Å². The van der Waals surface area contributed by atoms with Gasteiger partial charge < -0.3 is 15.1 Å². The van der Waals surface area contributed by atoms with E-state index in [-0.39, 0.29) is 17.6 Å². The van der Waals surface area contributed by atoms with E-state index in [1.54, 1.807) is 30.3 Å². The summed E-state index contributed by atoms with van der Waals surface area (Å²) in [4.78, 5) is 25.5. The molecule has 1 aromatic heterocycles. The number of rotatable bonds is 5. The van der Waals surface area contributed by atoms with Crippen molar-refractivity contribution in [3.63, 3.8) is 0 Å². The van der Waals surface area contributed by atoms with Crippen molar-refractivity contribution in [2.24, 2.45) is 0 Å². The molecule has 5 nitrogen and oxygen atoms in total. The van der Waals surface area contributed by atoms with E-state index in [4.69, 9.17) is 4.42 Å². The zero-order chi connectivity index (χ0) is 20.3. The summed E-state index contributed by atoms with van der Waals surface area (Å²) in [7, 11) is 0. The Morgan fingerprint density at radius 2 is 1.59 bits per heavy atom. The molecule has 148 valence electrons. The number of carbonyl (C=O) groups excluding carboxylic acids is 2. The Bertz CT molecular complexity index is 1010. The molecule has 2 aromatic carbocycles. The lowest BCUT2D eigenvalue weighted by Crippen LogP contribution is -2.38. The number of furan rings is 1. The van der Waals surface area contributed by atoms with Crippen molar-refractivity contribution in [1.29, 1.82) is 0 Å².